The molecule has 2 aromatic carbocycles. The minimum atomic E-state index is 0.783. The van der Waals surface area contributed by atoms with Gasteiger partial charge in [-0.15, -0.1) is 0 Å². The van der Waals surface area contributed by atoms with Crippen molar-refractivity contribution in [3.05, 3.63) is 71.3 Å². The largest absolute Gasteiger partial charge is 0.493 e. The molecule has 0 aliphatic heterocycles. The lowest BCUT2D eigenvalue weighted by Gasteiger charge is -2.09. The van der Waals surface area contributed by atoms with Gasteiger partial charge < -0.3 is 4.74 Å². The van der Waals surface area contributed by atoms with Gasteiger partial charge >= 0.3 is 0 Å². The monoisotopic (exact) mass is 464 g/mol. The molecule has 0 saturated heterocycles. The van der Waals surface area contributed by atoms with Gasteiger partial charge in [0.2, 0.25) is 0 Å². The third kappa shape index (κ3) is 11.7. The van der Waals surface area contributed by atoms with Crippen molar-refractivity contribution in [2.24, 2.45) is 0 Å². The molecule has 0 aliphatic carbocycles. The molecule has 0 heterocycles. The first-order valence-corrected chi connectivity index (χ1v) is 13.7. The molecule has 0 aliphatic rings. The van der Waals surface area contributed by atoms with E-state index in [0.717, 1.165) is 41.2 Å². The zero-order chi connectivity index (χ0) is 23.6. The summed E-state index contributed by atoms with van der Waals surface area (Å²) in [6.45, 7) is 5.27. The highest BCUT2D eigenvalue weighted by Crippen LogP contribution is 2.21. The summed E-state index contributed by atoms with van der Waals surface area (Å²) >= 11 is 5.63. The third-order valence-electron chi connectivity index (χ3n) is 6.12. The Morgan fingerprint density at radius 2 is 1.33 bits per heavy atom. The van der Waals surface area contributed by atoms with Crippen molar-refractivity contribution in [1.29, 1.82) is 0 Å². The van der Waals surface area contributed by atoms with Crippen LogP contribution in [-0.4, -0.2) is 11.5 Å². The number of allylic oxidation sites excluding steroid dienone is 1. The summed E-state index contributed by atoms with van der Waals surface area (Å²) in [6.07, 6.45) is 21.3. The molecule has 1 nitrogen and oxygen atoms in total. The van der Waals surface area contributed by atoms with Crippen LogP contribution in [0.15, 0.2) is 54.6 Å². The third-order valence-corrected chi connectivity index (χ3v) is 6.49. The van der Waals surface area contributed by atoms with Crippen LogP contribution >= 0.6 is 12.2 Å². The molecule has 0 bridgehead atoms. The van der Waals surface area contributed by atoms with Gasteiger partial charge in [0.25, 0.3) is 0 Å². The van der Waals surface area contributed by atoms with Gasteiger partial charge in [-0.2, -0.15) is 0 Å². The van der Waals surface area contributed by atoms with Gasteiger partial charge in [0.15, 0.2) is 0 Å². The molecule has 0 amide bonds. The minimum Gasteiger partial charge on any atom is -0.493 e. The van der Waals surface area contributed by atoms with Gasteiger partial charge in [-0.1, -0.05) is 139 Å². The first-order valence-electron chi connectivity index (χ1n) is 13.3. The number of thiocarbonyl (C=S) groups is 1. The van der Waals surface area contributed by atoms with Crippen LogP contribution in [0.25, 0.3) is 6.08 Å². The van der Waals surface area contributed by atoms with Crippen molar-refractivity contribution in [3.8, 4) is 5.75 Å². The maximum absolute atomic E-state index is 6.11. The number of hydrogen-bond donors (Lipinski definition) is 0. The number of benzene rings is 2. The molecule has 0 unspecified atom stereocenters. The topological polar surface area (TPSA) is 9.23 Å². The second-order valence-electron chi connectivity index (χ2n) is 9.07. The number of hydrogen-bond acceptors (Lipinski definition) is 2. The first kappa shape index (κ1) is 27.3. The molecular formula is C31H44OS. The summed E-state index contributed by atoms with van der Waals surface area (Å²) in [5.41, 5.74) is 3.56. The van der Waals surface area contributed by atoms with Crippen molar-refractivity contribution >= 4 is 23.2 Å². The molecule has 33 heavy (non-hydrogen) atoms. The molecule has 2 rings (SSSR count). The molecule has 0 saturated carbocycles. The van der Waals surface area contributed by atoms with Crippen LogP contribution in [0, 0.1) is 0 Å². The Morgan fingerprint density at radius 1 is 0.727 bits per heavy atom. The van der Waals surface area contributed by atoms with E-state index in [0.29, 0.717) is 0 Å². The molecule has 0 fully saturated rings. The molecule has 180 valence electrons. The Bertz CT molecular complexity index is 806. The molecule has 2 aromatic rings. The molecule has 0 N–H and O–H groups in total. The summed E-state index contributed by atoms with van der Waals surface area (Å²) in [7, 11) is 0. The van der Waals surface area contributed by atoms with E-state index in [4.69, 9.17) is 17.0 Å². The van der Waals surface area contributed by atoms with Gasteiger partial charge in [0, 0.05) is 10.4 Å². The Balaban J connectivity index is 1.67. The van der Waals surface area contributed by atoms with Gasteiger partial charge in [-0.25, -0.2) is 0 Å². The molecular weight excluding hydrogens is 420 g/mol. The average molecular weight is 465 g/mol. The standard InChI is InChI=1S/C31H44OS/c1-3-5-6-7-8-9-10-11-12-13-16-26-32-30-19-15-14-18-28(30)24-25-31(33)29-22-20-27(17-4-2)21-23-29/h14-15,18-25H,3-13,16-17,26H2,1-2H3. The second kappa shape index (κ2) is 17.5. The van der Waals surface area contributed by atoms with Gasteiger partial charge in [0.1, 0.15) is 5.75 Å². The number of rotatable bonds is 18. The lowest BCUT2D eigenvalue weighted by atomic mass is 10.1. The van der Waals surface area contributed by atoms with E-state index in [1.807, 2.05) is 12.1 Å². The molecule has 0 aromatic heterocycles. The average Bonchev–Trinajstić information content (AvgIpc) is 2.84. The van der Waals surface area contributed by atoms with E-state index in [-0.39, 0.29) is 0 Å². The summed E-state index contributed by atoms with van der Waals surface area (Å²) in [4.78, 5) is 0.859. The van der Waals surface area contributed by atoms with Crippen molar-refractivity contribution in [2.45, 2.75) is 97.3 Å². The first-order chi connectivity index (χ1) is 16.2. The lowest BCUT2D eigenvalue weighted by molar-refractivity contribution is 0.303. The zero-order valence-corrected chi connectivity index (χ0v) is 21.8. The highest BCUT2D eigenvalue weighted by atomic mass is 32.1. The smallest absolute Gasteiger partial charge is 0.126 e. The molecule has 0 atom stereocenters. The Hall–Kier alpha value is -1.93. The predicted molar refractivity (Wildman–Crippen MR) is 150 cm³/mol. The van der Waals surface area contributed by atoms with E-state index in [9.17, 15) is 0 Å². The molecule has 0 radical (unpaired) electrons. The fourth-order valence-corrected chi connectivity index (χ4v) is 4.29. The Kier molecular flexibility index (Phi) is 14.5. The number of aryl methyl sites for hydroxylation is 1. The van der Waals surface area contributed by atoms with E-state index in [1.165, 1.54) is 76.2 Å². The van der Waals surface area contributed by atoms with Crippen LogP contribution in [0.2, 0.25) is 0 Å². The van der Waals surface area contributed by atoms with Crippen molar-refractivity contribution < 1.29 is 4.74 Å². The molecule has 0 spiro atoms. The van der Waals surface area contributed by atoms with Crippen LogP contribution in [0.5, 0.6) is 5.75 Å². The normalized spacial score (nSPS) is 11.2. The van der Waals surface area contributed by atoms with Crippen LogP contribution in [0.3, 0.4) is 0 Å². The summed E-state index contributed by atoms with van der Waals surface area (Å²) < 4.78 is 6.11. The van der Waals surface area contributed by atoms with Crippen LogP contribution in [-0.2, 0) is 6.42 Å². The quantitative estimate of drug-likeness (QED) is 0.0939. The SMILES string of the molecule is CCCCCCCCCCCCCOc1ccccc1C=CC(=S)c1ccc(CCC)cc1. The van der Waals surface area contributed by atoms with E-state index < -0.39 is 0 Å². The number of ether oxygens (including phenoxy) is 1. The summed E-state index contributed by atoms with van der Waals surface area (Å²) in [5.74, 6) is 0.946. The minimum absolute atomic E-state index is 0.783. The van der Waals surface area contributed by atoms with Gasteiger partial charge in [0.05, 0.1) is 6.61 Å². The highest BCUT2D eigenvalue weighted by molar-refractivity contribution is 7.81. The van der Waals surface area contributed by atoms with Gasteiger partial charge in [-0.3, -0.25) is 0 Å². The van der Waals surface area contributed by atoms with Crippen LogP contribution in [0.1, 0.15) is 108 Å². The summed E-state index contributed by atoms with van der Waals surface area (Å²) in [6, 6.07) is 16.9. The predicted octanol–water partition coefficient (Wildman–Crippen LogP) is 9.76. The molecule has 2 heteroatoms. The maximum atomic E-state index is 6.11. The van der Waals surface area contributed by atoms with Crippen molar-refractivity contribution in [1.82, 2.24) is 0 Å². The van der Waals surface area contributed by atoms with Crippen molar-refractivity contribution in [3.63, 3.8) is 0 Å². The fourth-order valence-electron chi connectivity index (χ4n) is 4.08. The maximum Gasteiger partial charge on any atom is 0.126 e. The van der Waals surface area contributed by atoms with Crippen LogP contribution < -0.4 is 4.74 Å². The van der Waals surface area contributed by atoms with Gasteiger partial charge in [-0.05, 0) is 42.2 Å². The van der Waals surface area contributed by atoms with E-state index >= 15 is 0 Å². The lowest BCUT2D eigenvalue weighted by Crippen LogP contribution is -1.99. The van der Waals surface area contributed by atoms with E-state index in [1.54, 1.807) is 0 Å². The van der Waals surface area contributed by atoms with Crippen molar-refractivity contribution in [2.75, 3.05) is 6.61 Å². The fraction of sp³-hybridized carbons (Fsp3) is 0.516. The zero-order valence-electron chi connectivity index (χ0n) is 21.0. The Labute approximate surface area is 208 Å². The highest BCUT2D eigenvalue weighted by Gasteiger charge is 2.02. The Morgan fingerprint density at radius 3 is 1.97 bits per heavy atom. The summed E-state index contributed by atoms with van der Waals surface area (Å²) in [5, 5.41) is 0. The van der Waals surface area contributed by atoms with Crippen LogP contribution in [0.4, 0.5) is 0 Å². The van der Waals surface area contributed by atoms with E-state index in [2.05, 4.69) is 62.4 Å². The number of unbranched alkanes of at least 4 members (excludes halogenated alkanes) is 10. The second-order valence-corrected chi connectivity index (χ2v) is 9.51. The number of para-hydroxylation sites is 1.